The Hall–Kier alpha value is -1.71. The largest absolute Gasteiger partial charge is 0.443 e. The van der Waals surface area contributed by atoms with Crippen LogP contribution < -0.4 is 10.2 Å². The van der Waals surface area contributed by atoms with Gasteiger partial charge in [-0.2, -0.15) is 0 Å². The van der Waals surface area contributed by atoms with Crippen molar-refractivity contribution < 1.29 is 9.53 Å². The van der Waals surface area contributed by atoms with Crippen LogP contribution in [0.5, 0.6) is 0 Å². The number of carbonyl (C=O) groups is 1. The normalized spacial score (nSPS) is 14.6. The number of nitrogens with one attached hydrogen (secondary N) is 1. The number of benzene rings is 1. The zero-order valence-corrected chi connectivity index (χ0v) is 15.1. The third-order valence-electron chi connectivity index (χ3n) is 3.86. The second kappa shape index (κ2) is 7.24. The van der Waals surface area contributed by atoms with Gasteiger partial charge >= 0.3 is 6.09 Å². The van der Waals surface area contributed by atoms with Crippen LogP contribution in [0.15, 0.2) is 18.2 Å². The predicted octanol–water partition coefficient (Wildman–Crippen LogP) is 4.83. The number of rotatable bonds is 4. The summed E-state index contributed by atoms with van der Waals surface area (Å²) in [5.41, 5.74) is 2.87. The smallest absolute Gasteiger partial charge is 0.414 e. The average molecular weight is 318 g/mol. The van der Waals surface area contributed by atoms with Gasteiger partial charge in [-0.3, -0.25) is 4.90 Å². The van der Waals surface area contributed by atoms with Gasteiger partial charge in [0, 0.05) is 18.8 Å². The molecule has 0 spiro atoms. The number of aryl methyl sites for hydroxylation is 1. The average Bonchev–Trinajstić information content (AvgIpc) is 2.44. The molecule has 0 aromatic heterocycles. The SMILES string of the molecule is CC(C)CCNc1ccc2c(c1)CCCN2C(=O)OC(C)(C)C. The Morgan fingerprint density at radius 2 is 2.09 bits per heavy atom. The molecule has 0 saturated carbocycles. The van der Waals surface area contributed by atoms with Gasteiger partial charge in [0.05, 0.1) is 5.69 Å². The van der Waals surface area contributed by atoms with Gasteiger partial charge in [-0.25, -0.2) is 4.79 Å². The highest BCUT2D eigenvalue weighted by Gasteiger charge is 2.27. The first-order valence-electron chi connectivity index (χ1n) is 8.63. The Morgan fingerprint density at radius 1 is 1.35 bits per heavy atom. The summed E-state index contributed by atoms with van der Waals surface area (Å²) in [5, 5.41) is 3.47. The van der Waals surface area contributed by atoms with E-state index < -0.39 is 5.60 Å². The second-order valence-electron chi connectivity index (χ2n) is 7.69. The minimum absolute atomic E-state index is 0.251. The highest BCUT2D eigenvalue weighted by atomic mass is 16.6. The minimum atomic E-state index is -0.465. The summed E-state index contributed by atoms with van der Waals surface area (Å²) in [4.78, 5) is 14.2. The predicted molar refractivity (Wildman–Crippen MR) is 96.3 cm³/mol. The van der Waals surface area contributed by atoms with Crippen LogP contribution in [0, 0.1) is 5.92 Å². The third-order valence-corrected chi connectivity index (χ3v) is 3.86. The minimum Gasteiger partial charge on any atom is -0.443 e. The van der Waals surface area contributed by atoms with Crippen LogP contribution in [-0.2, 0) is 11.2 Å². The summed E-state index contributed by atoms with van der Waals surface area (Å²) in [7, 11) is 0. The number of ether oxygens (including phenoxy) is 1. The molecule has 0 aliphatic carbocycles. The number of amides is 1. The zero-order chi connectivity index (χ0) is 17.0. The highest BCUT2D eigenvalue weighted by Crippen LogP contribution is 2.31. The molecule has 0 fully saturated rings. The fraction of sp³-hybridized carbons (Fsp3) is 0.632. The van der Waals surface area contributed by atoms with Crippen LogP contribution in [0.4, 0.5) is 16.2 Å². The molecule has 4 heteroatoms. The molecule has 1 aliphatic heterocycles. The molecule has 1 N–H and O–H groups in total. The second-order valence-corrected chi connectivity index (χ2v) is 7.69. The Kier molecular flexibility index (Phi) is 5.55. The van der Waals surface area contributed by atoms with E-state index in [0.29, 0.717) is 5.92 Å². The molecule has 128 valence electrons. The van der Waals surface area contributed by atoms with Crippen LogP contribution in [0.3, 0.4) is 0 Å². The standard InChI is InChI=1S/C19H30N2O2/c1-14(2)10-11-20-16-8-9-17-15(13-16)7-6-12-21(17)18(22)23-19(3,4)5/h8-9,13-14,20H,6-7,10-12H2,1-5H3. The van der Waals surface area contributed by atoms with Crippen molar-refractivity contribution in [3.8, 4) is 0 Å². The van der Waals surface area contributed by atoms with Crippen molar-refractivity contribution in [1.29, 1.82) is 0 Å². The molecule has 0 unspecified atom stereocenters. The van der Waals surface area contributed by atoms with E-state index in [1.54, 1.807) is 4.90 Å². The molecule has 1 aliphatic rings. The van der Waals surface area contributed by atoms with Crippen LogP contribution in [-0.4, -0.2) is 24.8 Å². The van der Waals surface area contributed by atoms with E-state index in [2.05, 4.69) is 31.3 Å². The van der Waals surface area contributed by atoms with E-state index >= 15 is 0 Å². The molecule has 23 heavy (non-hydrogen) atoms. The van der Waals surface area contributed by atoms with Gasteiger partial charge in [-0.15, -0.1) is 0 Å². The monoisotopic (exact) mass is 318 g/mol. The van der Waals surface area contributed by atoms with Crippen molar-refractivity contribution >= 4 is 17.5 Å². The lowest BCUT2D eigenvalue weighted by Gasteiger charge is -2.32. The number of carbonyl (C=O) groups excluding carboxylic acids is 1. The van der Waals surface area contributed by atoms with Crippen LogP contribution in [0.2, 0.25) is 0 Å². The van der Waals surface area contributed by atoms with Crippen LogP contribution in [0.25, 0.3) is 0 Å². The van der Waals surface area contributed by atoms with Crippen LogP contribution in [0.1, 0.15) is 53.0 Å². The summed E-state index contributed by atoms with van der Waals surface area (Å²) in [6, 6.07) is 6.27. The lowest BCUT2D eigenvalue weighted by molar-refractivity contribution is 0.0578. The Bertz CT molecular complexity index is 547. The maximum absolute atomic E-state index is 12.4. The van der Waals surface area contributed by atoms with Gasteiger partial charge in [0.15, 0.2) is 0 Å². The Balaban J connectivity index is 2.09. The van der Waals surface area contributed by atoms with Gasteiger partial charge in [0.2, 0.25) is 0 Å². The summed E-state index contributed by atoms with van der Waals surface area (Å²) in [6.45, 7) is 11.9. The topological polar surface area (TPSA) is 41.6 Å². The van der Waals surface area contributed by atoms with E-state index in [4.69, 9.17) is 4.74 Å². The number of nitrogens with zero attached hydrogens (tertiary/aromatic N) is 1. The van der Waals surface area contributed by atoms with Gasteiger partial charge in [0.25, 0.3) is 0 Å². The molecule has 0 bridgehead atoms. The van der Waals surface area contributed by atoms with E-state index in [1.165, 1.54) is 5.56 Å². The molecular weight excluding hydrogens is 288 g/mol. The van der Waals surface area contributed by atoms with E-state index in [1.807, 2.05) is 26.8 Å². The molecule has 1 aromatic rings. The van der Waals surface area contributed by atoms with Crippen molar-refractivity contribution in [2.24, 2.45) is 5.92 Å². The summed E-state index contributed by atoms with van der Waals surface area (Å²) in [6.07, 6.45) is 2.89. The quantitative estimate of drug-likeness (QED) is 0.864. The molecule has 0 radical (unpaired) electrons. The van der Waals surface area contributed by atoms with Crippen molar-refractivity contribution in [3.63, 3.8) is 0 Å². The summed E-state index contributed by atoms with van der Waals surface area (Å²) < 4.78 is 5.53. The first kappa shape index (κ1) is 17.6. The number of anilines is 2. The van der Waals surface area contributed by atoms with Crippen LogP contribution >= 0.6 is 0 Å². The molecule has 1 amide bonds. The molecule has 0 saturated heterocycles. The first-order chi connectivity index (χ1) is 10.8. The Labute approximate surface area is 140 Å². The van der Waals surface area contributed by atoms with Crippen molar-refractivity contribution in [3.05, 3.63) is 23.8 Å². The maximum atomic E-state index is 12.4. The third kappa shape index (κ3) is 5.15. The zero-order valence-electron chi connectivity index (χ0n) is 15.1. The summed E-state index contributed by atoms with van der Waals surface area (Å²) >= 11 is 0. The van der Waals surface area contributed by atoms with Gasteiger partial charge in [0.1, 0.15) is 5.60 Å². The fourth-order valence-electron chi connectivity index (χ4n) is 2.72. The van der Waals surface area contributed by atoms with E-state index in [-0.39, 0.29) is 6.09 Å². The molecule has 1 heterocycles. The Morgan fingerprint density at radius 3 is 2.74 bits per heavy atom. The molecule has 2 rings (SSSR count). The van der Waals surface area contributed by atoms with E-state index in [0.717, 1.165) is 43.7 Å². The first-order valence-corrected chi connectivity index (χ1v) is 8.63. The van der Waals surface area contributed by atoms with Gasteiger partial charge in [-0.1, -0.05) is 13.8 Å². The maximum Gasteiger partial charge on any atom is 0.414 e. The highest BCUT2D eigenvalue weighted by molar-refractivity contribution is 5.90. The molecular formula is C19H30N2O2. The van der Waals surface area contributed by atoms with Gasteiger partial charge < -0.3 is 10.1 Å². The number of hydrogen-bond donors (Lipinski definition) is 1. The lowest BCUT2D eigenvalue weighted by Crippen LogP contribution is -2.39. The fourth-order valence-corrected chi connectivity index (χ4v) is 2.72. The van der Waals surface area contributed by atoms with E-state index in [9.17, 15) is 4.79 Å². The van der Waals surface area contributed by atoms with Gasteiger partial charge in [-0.05, 0) is 69.7 Å². The summed E-state index contributed by atoms with van der Waals surface area (Å²) in [5.74, 6) is 0.697. The van der Waals surface area contributed by atoms with Crippen molar-refractivity contribution in [1.82, 2.24) is 0 Å². The lowest BCUT2D eigenvalue weighted by atomic mass is 10.0. The molecule has 1 aromatic carbocycles. The number of fused-ring (bicyclic) bond motifs is 1. The molecule has 4 nitrogen and oxygen atoms in total. The van der Waals surface area contributed by atoms with Crippen molar-refractivity contribution in [2.75, 3.05) is 23.3 Å². The van der Waals surface area contributed by atoms with Crippen molar-refractivity contribution in [2.45, 2.75) is 59.5 Å². The number of hydrogen-bond acceptors (Lipinski definition) is 3. The molecule has 0 atom stereocenters.